The Bertz CT molecular complexity index is 483. The van der Waals surface area contributed by atoms with Crippen LogP contribution in [0.15, 0.2) is 30.3 Å². The first-order chi connectivity index (χ1) is 8.15. The molecule has 2 atom stereocenters. The van der Waals surface area contributed by atoms with Gasteiger partial charge in [0.1, 0.15) is 6.17 Å². The predicted octanol–water partition coefficient (Wildman–Crippen LogP) is 2.59. The zero-order valence-corrected chi connectivity index (χ0v) is 11.7. The van der Waals surface area contributed by atoms with E-state index in [0.29, 0.717) is 0 Å². The molecule has 1 aromatic rings. The molecule has 18 heavy (non-hydrogen) atoms. The van der Waals surface area contributed by atoms with E-state index in [1.165, 1.54) is 20.8 Å². The largest absolute Gasteiger partial charge is 0.247 e. The summed E-state index contributed by atoms with van der Waals surface area (Å²) < 4.78 is 35.6. The highest BCUT2D eigenvalue weighted by atomic mass is 32.2. The molecule has 3 nitrogen and oxygen atoms in total. The second-order valence-electron chi connectivity index (χ2n) is 5.20. The molecule has 0 saturated heterocycles. The minimum absolute atomic E-state index is 0.160. The van der Waals surface area contributed by atoms with Crippen LogP contribution in [0.2, 0.25) is 0 Å². The van der Waals surface area contributed by atoms with E-state index in [1.54, 1.807) is 12.1 Å². The average molecular weight is 273 g/mol. The van der Waals surface area contributed by atoms with E-state index in [9.17, 15) is 12.8 Å². The number of halogens is 1. The molecule has 0 bridgehead atoms. The number of hydrogen-bond donors (Lipinski definition) is 1. The smallest absolute Gasteiger partial charge is 0.214 e. The Balaban J connectivity index is 3.04. The van der Waals surface area contributed by atoms with Gasteiger partial charge in [-0.2, -0.15) is 0 Å². The van der Waals surface area contributed by atoms with Gasteiger partial charge in [0.25, 0.3) is 0 Å². The third-order valence-electron chi connectivity index (χ3n) is 3.26. The summed E-state index contributed by atoms with van der Waals surface area (Å²) in [6, 6.07) is 9.08. The maximum absolute atomic E-state index is 13.7. The van der Waals surface area contributed by atoms with Crippen molar-refractivity contribution in [3.05, 3.63) is 35.9 Å². The number of nitrogens with two attached hydrogens (primary N) is 1. The van der Waals surface area contributed by atoms with Crippen molar-refractivity contribution in [2.45, 2.75) is 44.0 Å². The van der Waals surface area contributed by atoms with Crippen LogP contribution in [-0.2, 0) is 10.0 Å². The third-order valence-corrected chi connectivity index (χ3v) is 4.97. The highest BCUT2D eigenvalue weighted by Gasteiger charge is 2.36. The molecule has 0 heterocycles. The second kappa shape index (κ2) is 5.36. The van der Waals surface area contributed by atoms with Crippen molar-refractivity contribution in [1.29, 1.82) is 0 Å². The molecule has 0 unspecified atom stereocenters. The lowest BCUT2D eigenvalue weighted by Gasteiger charge is -2.28. The second-order valence-corrected chi connectivity index (χ2v) is 7.40. The standard InChI is InChI=1S/C13H20FNO2S/c1-10(14)12(11-7-5-4-6-8-11)9-13(2,3)18(15,16)17/h4-8,10,12H,9H2,1-3H3,(H2,15,16,17)/t10-,12+/m1/s1. The molecule has 0 aliphatic carbocycles. The van der Waals surface area contributed by atoms with Crippen LogP contribution in [0, 0.1) is 0 Å². The molecule has 0 spiro atoms. The zero-order valence-electron chi connectivity index (χ0n) is 10.9. The van der Waals surface area contributed by atoms with Gasteiger partial charge in [-0.3, -0.25) is 0 Å². The highest BCUT2D eigenvalue weighted by Crippen LogP contribution is 2.33. The molecule has 0 aromatic heterocycles. The Morgan fingerprint density at radius 3 is 2.17 bits per heavy atom. The molecule has 0 saturated carbocycles. The van der Waals surface area contributed by atoms with Crippen molar-refractivity contribution in [2.24, 2.45) is 5.14 Å². The molecule has 1 aromatic carbocycles. The molecule has 1 rings (SSSR count). The number of rotatable bonds is 5. The van der Waals surface area contributed by atoms with Gasteiger partial charge in [-0.1, -0.05) is 30.3 Å². The van der Waals surface area contributed by atoms with E-state index in [4.69, 9.17) is 5.14 Å². The van der Waals surface area contributed by atoms with Crippen LogP contribution < -0.4 is 5.14 Å². The summed E-state index contributed by atoms with van der Waals surface area (Å²) in [6.07, 6.45) is -0.971. The lowest BCUT2D eigenvalue weighted by Crippen LogP contribution is -2.40. The monoisotopic (exact) mass is 273 g/mol. The van der Waals surface area contributed by atoms with Crippen molar-refractivity contribution < 1.29 is 12.8 Å². The third kappa shape index (κ3) is 3.53. The molecular weight excluding hydrogens is 253 g/mol. The van der Waals surface area contributed by atoms with Crippen molar-refractivity contribution >= 4 is 10.0 Å². The van der Waals surface area contributed by atoms with E-state index >= 15 is 0 Å². The van der Waals surface area contributed by atoms with Gasteiger partial charge in [0.15, 0.2) is 0 Å². The van der Waals surface area contributed by atoms with Gasteiger partial charge in [-0.15, -0.1) is 0 Å². The molecule has 0 aliphatic heterocycles. The SMILES string of the molecule is C[C@@H](F)[C@H](CC(C)(C)S(N)(=O)=O)c1ccccc1. The summed E-state index contributed by atoms with van der Waals surface area (Å²) in [5.74, 6) is -0.473. The van der Waals surface area contributed by atoms with E-state index in [-0.39, 0.29) is 6.42 Å². The van der Waals surface area contributed by atoms with Gasteiger partial charge in [-0.25, -0.2) is 17.9 Å². The van der Waals surface area contributed by atoms with Gasteiger partial charge in [0.05, 0.1) is 4.75 Å². The fraction of sp³-hybridized carbons (Fsp3) is 0.538. The maximum atomic E-state index is 13.7. The molecule has 0 aliphatic rings. The van der Waals surface area contributed by atoms with Gasteiger partial charge < -0.3 is 0 Å². The molecule has 0 amide bonds. The van der Waals surface area contributed by atoms with Crippen LogP contribution in [0.3, 0.4) is 0 Å². The summed E-state index contributed by atoms with van der Waals surface area (Å²) in [7, 11) is -3.71. The Morgan fingerprint density at radius 2 is 1.78 bits per heavy atom. The van der Waals surface area contributed by atoms with Gasteiger partial charge in [-0.05, 0) is 32.8 Å². The Morgan fingerprint density at radius 1 is 1.28 bits per heavy atom. The molecule has 102 valence electrons. The van der Waals surface area contributed by atoms with Crippen LogP contribution in [0.1, 0.15) is 38.7 Å². The highest BCUT2D eigenvalue weighted by molar-refractivity contribution is 7.90. The maximum Gasteiger partial charge on any atom is 0.214 e. The van der Waals surface area contributed by atoms with Crippen LogP contribution in [0.25, 0.3) is 0 Å². The zero-order chi connectivity index (χ0) is 14.0. The first kappa shape index (κ1) is 15.1. The quantitative estimate of drug-likeness (QED) is 0.896. The molecule has 5 heteroatoms. The van der Waals surface area contributed by atoms with Gasteiger partial charge in [0.2, 0.25) is 10.0 Å². The van der Waals surface area contributed by atoms with Crippen molar-refractivity contribution in [3.63, 3.8) is 0 Å². The van der Waals surface area contributed by atoms with E-state index < -0.39 is 26.9 Å². The molecule has 0 radical (unpaired) electrons. The lowest BCUT2D eigenvalue weighted by molar-refractivity contribution is 0.281. The number of sulfonamides is 1. The Hall–Kier alpha value is -0.940. The minimum atomic E-state index is -3.71. The Kier molecular flexibility index (Phi) is 4.50. The lowest BCUT2D eigenvalue weighted by atomic mass is 9.87. The van der Waals surface area contributed by atoms with E-state index in [1.807, 2.05) is 18.2 Å². The Labute approximate surface area is 108 Å². The average Bonchev–Trinajstić information content (AvgIpc) is 2.25. The first-order valence-corrected chi connectivity index (χ1v) is 7.41. The number of hydrogen-bond acceptors (Lipinski definition) is 2. The van der Waals surface area contributed by atoms with Crippen LogP contribution in [0.4, 0.5) is 4.39 Å². The van der Waals surface area contributed by atoms with Crippen LogP contribution in [-0.4, -0.2) is 19.3 Å². The van der Waals surface area contributed by atoms with Crippen molar-refractivity contribution in [3.8, 4) is 0 Å². The molecule has 2 N–H and O–H groups in total. The number of benzene rings is 1. The van der Waals surface area contributed by atoms with Gasteiger partial charge in [0, 0.05) is 5.92 Å². The minimum Gasteiger partial charge on any atom is -0.247 e. The fourth-order valence-electron chi connectivity index (χ4n) is 1.89. The molecular formula is C13H20FNO2S. The van der Waals surface area contributed by atoms with E-state index in [2.05, 4.69) is 0 Å². The summed E-state index contributed by atoms with van der Waals surface area (Å²) >= 11 is 0. The predicted molar refractivity (Wildman–Crippen MR) is 71.6 cm³/mol. The van der Waals surface area contributed by atoms with E-state index in [0.717, 1.165) is 5.56 Å². The summed E-state index contributed by atoms with van der Waals surface area (Å²) in [5.41, 5.74) is 0.796. The number of alkyl halides is 1. The van der Waals surface area contributed by atoms with Crippen molar-refractivity contribution in [2.75, 3.05) is 0 Å². The van der Waals surface area contributed by atoms with Gasteiger partial charge >= 0.3 is 0 Å². The topological polar surface area (TPSA) is 60.2 Å². The summed E-state index contributed by atoms with van der Waals surface area (Å²) in [5, 5.41) is 5.19. The fourth-order valence-corrected chi connectivity index (χ4v) is 2.30. The normalized spacial score (nSPS) is 16.3. The van der Waals surface area contributed by atoms with Crippen LogP contribution >= 0.6 is 0 Å². The molecule has 0 fully saturated rings. The van der Waals surface area contributed by atoms with Crippen molar-refractivity contribution in [1.82, 2.24) is 0 Å². The summed E-state index contributed by atoms with van der Waals surface area (Å²) in [4.78, 5) is 0. The summed E-state index contributed by atoms with van der Waals surface area (Å²) in [6.45, 7) is 4.50. The number of primary sulfonamides is 1. The van der Waals surface area contributed by atoms with Crippen LogP contribution in [0.5, 0.6) is 0 Å². The first-order valence-electron chi connectivity index (χ1n) is 5.86.